The summed E-state index contributed by atoms with van der Waals surface area (Å²) in [5, 5.41) is 11.5. The highest BCUT2D eigenvalue weighted by Gasteiger charge is 2.34. The van der Waals surface area contributed by atoms with Gasteiger partial charge < -0.3 is 16.4 Å². The number of carbonyl (C=O) groups excluding carboxylic acids is 1. The van der Waals surface area contributed by atoms with Crippen LogP contribution in [0.4, 0.5) is 5.82 Å². The molecule has 1 aromatic rings. The molecule has 3 heterocycles. The first kappa shape index (κ1) is 14.4. The van der Waals surface area contributed by atoms with Gasteiger partial charge in [0.05, 0.1) is 11.7 Å². The molecule has 2 aliphatic heterocycles. The Morgan fingerprint density at radius 3 is 2.62 bits per heavy atom. The van der Waals surface area contributed by atoms with E-state index >= 15 is 0 Å². The fourth-order valence-electron chi connectivity index (χ4n) is 3.63. The highest BCUT2D eigenvalue weighted by Crippen LogP contribution is 2.37. The molecule has 2 aliphatic rings. The van der Waals surface area contributed by atoms with Crippen LogP contribution in [0.5, 0.6) is 0 Å². The number of rotatable bonds is 3. The molecule has 0 unspecified atom stereocenters. The van der Waals surface area contributed by atoms with E-state index in [1.54, 1.807) is 0 Å². The molecule has 1 saturated heterocycles. The lowest BCUT2D eigenvalue weighted by Gasteiger charge is -2.34. The molecule has 0 bridgehead atoms. The Kier molecular flexibility index (Phi) is 3.89. The van der Waals surface area contributed by atoms with Gasteiger partial charge in [-0.1, -0.05) is 13.8 Å². The molecular formula is C15H25N5O. The minimum Gasteiger partial charge on any atom is -0.370 e. The molecule has 0 aliphatic carbocycles. The normalized spacial score (nSPS) is 22.9. The highest BCUT2D eigenvalue weighted by molar-refractivity contribution is 5.99. The summed E-state index contributed by atoms with van der Waals surface area (Å²) in [4.78, 5) is 11.9. The maximum atomic E-state index is 11.9. The number of piperidine rings is 1. The lowest BCUT2D eigenvalue weighted by atomic mass is 9.87. The van der Waals surface area contributed by atoms with E-state index in [-0.39, 0.29) is 11.8 Å². The van der Waals surface area contributed by atoms with Crippen LogP contribution in [0.25, 0.3) is 0 Å². The van der Waals surface area contributed by atoms with Crippen LogP contribution in [0, 0.1) is 5.92 Å². The minimum atomic E-state index is -0.376. The first-order valence-electron chi connectivity index (χ1n) is 7.96. The zero-order valence-electron chi connectivity index (χ0n) is 12.9. The van der Waals surface area contributed by atoms with Gasteiger partial charge in [0, 0.05) is 6.54 Å². The fourth-order valence-corrected chi connectivity index (χ4v) is 3.63. The Morgan fingerprint density at radius 1 is 1.29 bits per heavy atom. The molecular weight excluding hydrogens is 266 g/mol. The first-order valence-corrected chi connectivity index (χ1v) is 7.96. The molecule has 3 rings (SSSR count). The van der Waals surface area contributed by atoms with Crippen LogP contribution in [0.2, 0.25) is 0 Å². The zero-order valence-corrected chi connectivity index (χ0v) is 12.9. The summed E-state index contributed by atoms with van der Waals surface area (Å²) in [6.07, 6.45) is 3.41. The number of amides is 1. The number of nitrogens with two attached hydrogens (primary N) is 1. The van der Waals surface area contributed by atoms with Crippen molar-refractivity contribution < 1.29 is 4.79 Å². The van der Waals surface area contributed by atoms with Crippen molar-refractivity contribution in [2.45, 2.75) is 45.1 Å². The Morgan fingerprint density at radius 2 is 2.00 bits per heavy atom. The van der Waals surface area contributed by atoms with Crippen LogP contribution in [0.3, 0.4) is 0 Å². The van der Waals surface area contributed by atoms with Crippen molar-refractivity contribution >= 4 is 11.7 Å². The summed E-state index contributed by atoms with van der Waals surface area (Å²) in [5.41, 5.74) is 7.01. The molecule has 1 aromatic heterocycles. The second-order valence-corrected chi connectivity index (χ2v) is 6.44. The molecule has 1 amide bonds. The van der Waals surface area contributed by atoms with Crippen LogP contribution in [-0.2, 0) is 0 Å². The van der Waals surface area contributed by atoms with Crippen LogP contribution in [0.1, 0.15) is 61.1 Å². The van der Waals surface area contributed by atoms with E-state index in [0.29, 0.717) is 17.5 Å². The molecule has 0 aromatic carbocycles. The van der Waals surface area contributed by atoms with Gasteiger partial charge in [-0.3, -0.25) is 4.79 Å². The van der Waals surface area contributed by atoms with Gasteiger partial charge in [0.15, 0.2) is 0 Å². The van der Waals surface area contributed by atoms with Gasteiger partial charge in [-0.15, -0.1) is 0 Å². The van der Waals surface area contributed by atoms with Crippen molar-refractivity contribution in [2.75, 3.05) is 25.0 Å². The first-order chi connectivity index (χ1) is 10.1. The summed E-state index contributed by atoms with van der Waals surface area (Å²) >= 11 is 0. The van der Waals surface area contributed by atoms with Gasteiger partial charge in [-0.25, -0.2) is 4.68 Å². The van der Waals surface area contributed by atoms with Gasteiger partial charge in [-0.05, 0) is 44.2 Å². The molecule has 6 nitrogen and oxygen atoms in total. The van der Waals surface area contributed by atoms with E-state index in [1.165, 1.54) is 12.8 Å². The van der Waals surface area contributed by atoms with E-state index in [9.17, 15) is 4.79 Å². The van der Waals surface area contributed by atoms with Crippen LogP contribution in [-0.4, -0.2) is 35.3 Å². The summed E-state index contributed by atoms with van der Waals surface area (Å²) in [6, 6.07) is 0.383. The number of fused-ring (bicyclic) bond motifs is 1. The summed E-state index contributed by atoms with van der Waals surface area (Å²) < 4.78 is 2.05. The number of primary amides is 1. The molecule has 116 valence electrons. The average Bonchev–Trinajstić information content (AvgIpc) is 2.87. The van der Waals surface area contributed by atoms with Crippen LogP contribution < -0.4 is 16.4 Å². The monoisotopic (exact) mass is 291 g/mol. The maximum absolute atomic E-state index is 11.9. The molecule has 0 radical (unpaired) electrons. The van der Waals surface area contributed by atoms with Crippen LogP contribution in [0.15, 0.2) is 0 Å². The van der Waals surface area contributed by atoms with Gasteiger partial charge in [-0.2, -0.15) is 5.10 Å². The van der Waals surface area contributed by atoms with Crippen molar-refractivity contribution in [1.29, 1.82) is 0 Å². The predicted molar refractivity (Wildman–Crippen MR) is 82.6 cm³/mol. The molecule has 6 heteroatoms. The van der Waals surface area contributed by atoms with E-state index < -0.39 is 0 Å². The van der Waals surface area contributed by atoms with Crippen molar-refractivity contribution in [3.63, 3.8) is 0 Å². The Hall–Kier alpha value is -1.56. The molecule has 0 spiro atoms. The number of hydrogen-bond acceptors (Lipinski definition) is 4. The van der Waals surface area contributed by atoms with E-state index in [1.807, 2.05) is 0 Å². The maximum Gasteiger partial charge on any atom is 0.254 e. The van der Waals surface area contributed by atoms with Crippen molar-refractivity contribution in [3.8, 4) is 0 Å². The Bertz CT molecular complexity index is 530. The lowest BCUT2D eigenvalue weighted by molar-refractivity contribution is 0.0999. The lowest BCUT2D eigenvalue weighted by Crippen LogP contribution is -2.36. The zero-order chi connectivity index (χ0) is 15.0. The van der Waals surface area contributed by atoms with Gasteiger partial charge in [0.2, 0.25) is 0 Å². The Labute approximate surface area is 125 Å². The largest absolute Gasteiger partial charge is 0.370 e. The topological polar surface area (TPSA) is 85.0 Å². The molecule has 4 N–H and O–H groups in total. The number of carbonyl (C=O) groups is 1. The van der Waals surface area contributed by atoms with Gasteiger partial charge in [0.25, 0.3) is 5.91 Å². The number of anilines is 1. The van der Waals surface area contributed by atoms with Crippen molar-refractivity contribution in [3.05, 3.63) is 11.3 Å². The second kappa shape index (κ2) is 5.67. The summed E-state index contributed by atoms with van der Waals surface area (Å²) in [6.45, 7) is 7.15. The third kappa shape index (κ3) is 2.52. The quantitative estimate of drug-likeness (QED) is 0.787. The van der Waals surface area contributed by atoms with E-state index in [0.717, 1.165) is 37.6 Å². The third-order valence-corrected chi connectivity index (χ3v) is 4.71. The van der Waals surface area contributed by atoms with E-state index in [2.05, 4.69) is 29.2 Å². The number of hydrogen-bond donors (Lipinski definition) is 3. The van der Waals surface area contributed by atoms with Crippen molar-refractivity contribution in [2.24, 2.45) is 11.7 Å². The molecule has 21 heavy (non-hydrogen) atoms. The van der Waals surface area contributed by atoms with Gasteiger partial charge in [0.1, 0.15) is 11.4 Å². The number of nitrogens with zero attached hydrogens (tertiary/aromatic N) is 2. The fraction of sp³-hybridized carbons (Fsp3) is 0.733. The number of aromatic nitrogens is 2. The standard InChI is InChI=1S/C15H25N5O/c1-9(2)13-12(14(16)21)15-18-8-5-11(20(15)19-13)10-3-6-17-7-4-10/h9-11,17-18H,3-8H2,1-2H3,(H2,16,21)/t11-/m1/s1. The molecule has 1 fully saturated rings. The summed E-state index contributed by atoms with van der Waals surface area (Å²) in [5.74, 6) is 1.29. The minimum absolute atomic E-state index is 0.195. The smallest absolute Gasteiger partial charge is 0.254 e. The Balaban J connectivity index is 2.01. The van der Waals surface area contributed by atoms with Gasteiger partial charge >= 0.3 is 0 Å². The predicted octanol–water partition coefficient (Wildman–Crippen LogP) is 1.46. The van der Waals surface area contributed by atoms with Crippen molar-refractivity contribution in [1.82, 2.24) is 15.1 Å². The molecule has 0 saturated carbocycles. The highest BCUT2D eigenvalue weighted by atomic mass is 16.1. The third-order valence-electron chi connectivity index (χ3n) is 4.71. The van der Waals surface area contributed by atoms with Crippen LogP contribution >= 0.6 is 0 Å². The van der Waals surface area contributed by atoms with E-state index in [4.69, 9.17) is 10.8 Å². The molecule has 1 atom stereocenters. The average molecular weight is 291 g/mol. The number of nitrogens with one attached hydrogen (secondary N) is 2. The summed E-state index contributed by atoms with van der Waals surface area (Å²) in [7, 11) is 0. The second-order valence-electron chi connectivity index (χ2n) is 6.44. The SMILES string of the molecule is CC(C)c1nn2c(c1C(N)=O)NCC[C@@H]2C1CCNCC1.